The number of hydrogen-bond acceptors (Lipinski definition) is 4. The molecule has 0 aromatic carbocycles. The second kappa shape index (κ2) is 6.39. The maximum Gasteiger partial charge on any atom is 0.331 e. The topological polar surface area (TPSA) is 84.3 Å². The second-order valence-electron chi connectivity index (χ2n) is 4.65. The first-order chi connectivity index (χ1) is 8.43. The maximum atomic E-state index is 11.5. The third kappa shape index (κ3) is 3.73. The average molecular weight is 256 g/mol. The quantitative estimate of drug-likeness (QED) is 0.730. The lowest BCUT2D eigenvalue weighted by Crippen LogP contribution is -2.32. The number of aromatic amines is 1. The van der Waals surface area contributed by atoms with Crippen molar-refractivity contribution in [3.05, 3.63) is 26.4 Å². The molecule has 0 fully saturated rings. The van der Waals surface area contributed by atoms with Crippen molar-refractivity contribution in [2.75, 3.05) is 13.2 Å². The van der Waals surface area contributed by atoms with E-state index in [0.717, 1.165) is 11.0 Å². The molecule has 0 saturated carbocycles. The predicted molar refractivity (Wildman–Crippen MR) is 68.0 cm³/mol. The van der Waals surface area contributed by atoms with Crippen molar-refractivity contribution >= 4 is 0 Å². The molecule has 18 heavy (non-hydrogen) atoms. The highest BCUT2D eigenvalue weighted by Gasteiger charge is 2.09. The molecule has 6 nitrogen and oxygen atoms in total. The third-order valence-electron chi connectivity index (χ3n) is 2.70. The molecule has 1 rings (SSSR count). The summed E-state index contributed by atoms with van der Waals surface area (Å²) in [5, 5.41) is 9.69. The zero-order chi connectivity index (χ0) is 13.7. The van der Waals surface area contributed by atoms with E-state index >= 15 is 0 Å². The molecule has 0 amide bonds. The molecule has 0 aliphatic carbocycles. The van der Waals surface area contributed by atoms with Crippen molar-refractivity contribution < 1.29 is 9.84 Å². The van der Waals surface area contributed by atoms with Gasteiger partial charge in [-0.3, -0.25) is 14.3 Å². The number of hydrogen-bond donors (Lipinski definition) is 2. The number of aromatic hydroxyl groups is 1. The number of rotatable bonds is 6. The van der Waals surface area contributed by atoms with Crippen molar-refractivity contribution in [1.82, 2.24) is 9.55 Å². The van der Waals surface area contributed by atoms with Crippen molar-refractivity contribution in [2.24, 2.45) is 5.92 Å². The molecule has 1 aromatic rings. The highest BCUT2D eigenvalue weighted by molar-refractivity contribution is 5.20. The number of nitrogens with one attached hydrogen (secondary N) is 1. The van der Waals surface area contributed by atoms with Crippen LogP contribution in [0.2, 0.25) is 0 Å². The summed E-state index contributed by atoms with van der Waals surface area (Å²) in [5.41, 5.74) is -1.04. The molecule has 0 radical (unpaired) electrons. The fraction of sp³-hybridized carbons (Fsp3) is 0.667. The summed E-state index contributed by atoms with van der Waals surface area (Å²) >= 11 is 0. The fourth-order valence-electron chi connectivity index (χ4n) is 1.44. The summed E-state index contributed by atoms with van der Waals surface area (Å²) in [6.45, 7) is 6.83. The van der Waals surface area contributed by atoms with Crippen LogP contribution in [0.15, 0.2) is 9.59 Å². The highest BCUT2D eigenvalue weighted by atomic mass is 16.5. The number of ether oxygens (including phenoxy) is 1. The van der Waals surface area contributed by atoms with Crippen molar-refractivity contribution in [3.63, 3.8) is 0 Å². The molecule has 1 aromatic heterocycles. The van der Waals surface area contributed by atoms with E-state index < -0.39 is 11.2 Å². The summed E-state index contributed by atoms with van der Waals surface area (Å²) < 4.78 is 6.47. The van der Waals surface area contributed by atoms with E-state index in [1.807, 2.05) is 0 Å². The SMILES string of the molecule is Cc1c(O)n(CCOCCC(C)C)c(=O)[nH]c1=O. The molecule has 0 aliphatic heterocycles. The van der Waals surface area contributed by atoms with Crippen LogP contribution in [0.25, 0.3) is 0 Å². The number of aromatic nitrogens is 2. The highest BCUT2D eigenvalue weighted by Crippen LogP contribution is 2.07. The Kier molecular flexibility index (Phi) is 5.15. The number of H-pyrrole nitrogens is 1. The van der Waals surface area contributed by atoms with Crippen molar-refractivity contribution in [2.45, 2.75) is 33.7 Å². The Morgan fingerprint density at radius 2 is 2.00 bits per heavy atom. The Bertz CT molecular complexity index is 502. The van der Waals surface area contributed by atoms with E-state index in [1.54, 1.807) is 0 Å². The van der Waals surface area contributed by atoms with Gasteiger partial charge < -0.3 is 9.84 Å². The largest absolute Gasteiger partial charge is 0.494 e. The van der Waals surface area contributed by atoms with Crippen LogP contribution in [0.1, 0.15) is 25.8 Å². The lowest BCUT2D eigenvalue weighted by Gasteiger charge is -2.10. The first kappa shape index (κ1) is 14.5. The van der Waals surface area contributed by atoms with Gasteiger partial charge in [0.15, 0.2) is 0 Å². The summed E-state index contributed by atoms with van der Waals surface area (Å²) in [5.74, 6) is 0.271. The summed E-state index contributed by atoms with van der Waals surface area (Å²) in [6, 6.07) is 0. The van der Waals surface area contributed by atoms with Gasteiger partial charge in [-0.2, -0.15) is 0 Å². The summed E-state index contributed by atoms with van der Waals surface area (Å²) in [7, 11) is 0. The van der Waals surface area contributed by atoms with Gasteiger partial charge in [0.25, 0.3) is 5.56 Å². The third-order valence-corrected chi connectivity index (χ3v) is 2.70. The van der Waals surface area contributed by atoms with E-state index in [4.69, 9.17) is 4.74 Å². The van der Waals surface area contributed by atoms with E-state index in [2.05, 4.69) is 18.8 Å². The first-order valence-electron chi connectivity index (χ1n) is 6.04. The minimum atomic E-state index is -0.615. The molecule has 0 bridgehead atoms. The Morgan fingerprint density at radius 3 is 2.61 bits per heavy atom. The fourth-order valence-corrected chi connectivity index (χ4v) is 1.44. The second-order valence-corrected chi connectivity index (χ2v) is 4.65. The molecule has 0 atom stereocenters. The Hall–Kier alpha value is -1.56. The standard InChI is InChI=1S/C12H20N2O4/c1-8(2)4-6-18-7-5-14-11(16)9(3)10(15)13-12(14)17/h8,16H,4-7H2,1-3H3,(H,13,15,17). The molecule has 0 saturated heterocycles. The van der Waals surface area contributed by atoms with E-state index in [9.17, 15) is 14.7 Å². The van der Waals surface area contributed by atoms with Crippen LogP contribution in [-0.4, -0.2) is 27.9 Å². The molecule has 0 aliphatic rings. The summed E-state index contributed by atoms with van der Waals surface area (Å²) in [6.07, 6.45) is 0.950. The van der Waals surface area contributed by atoms with Crippen LogP contribution in [0.4, 0.5) is 0 Å². The van der Waals surface area contributed by atoms with Crippen molar-refractivity contribution in [1.29, 1.82) is 0 Å². The Balaban J connectivity index is 2.61. The van der Waals surface area contributed by atoms with Gasteiger partial charge in [-0.1, -0.05) is 13.8 Å². The average Bonchev–Trinajstić information content (AvgIpc) is 2.29. The monoisotopic (exact) mass is 256 g/mol. The molecule has 2 N–H and O–H groups in total. The Morgan fingerprint density at radius 1 is 1.33 bits per heavy atom. The smallest absolute Gasteiger partial charge is 0.331 e. The van der Waals surface area contributed by atoms with Crippen LogP contribution in [0.3, 0.4) is 0 Å². The molecular formula is C12H20N2O4. The van der Waals surface area contributed by atoms with Gasteiger partial charge in [-0.05, 0) is 19.3 Å². The van der Waals surface area contributed by atoms with Crippen LogP contribution in [0, 0.1) is 12.8 Å². The molecule has 6 heteroatoms. The maximum absolute atomic E-state index is 11.5. The first-order valence-corrected chi connectivity index (χ1v) is 6.04. The van der Waals surface area contributed by atoms with Gasteiger partial charge >= 0.3 is 5.69 Å². The lowest BCUT2D eigenvalue weighted by atomic mass is 10.1. The van der Waals surface area contributed by atoms with Gasteiger partial charge in [-0.25, -0.2) is 4.79 Å². The van der Waals surface area contributed by atoms with Gasteiger partial charge in [0.05, 0.1) is 18.7 Å². The van der Waals surface area contributed by atoms with Gasteiger partial charge in [0.1, 0.15) is 0 Å². The minimum absolute atomic E-state index is 0.136. The van der Waals surface area contributed by atoms with E-state index in [0.29, 0.717) is 19.1 Å². The molecule has 0 unspecified atom stereocenters. The van der Waals surface area contributed by atoms with Crippen molar-refractivity contribution in [3.8, 4) is 5.88 Å². The predicted octanol–water partition coefficient (Wildman–Crippen LogP) is 0.613. The van der Waals surface area contributed by atoms with Crippen LogP contribution >= 0.6 is 0 Å². The molecule has 1 heterocycles. The van der Waals surface area contributed by atoms with Crippen LogP contribution < -0.4 is 11.2 Å². The lowest BCUT2D eigenvalue weighted by molar-refractivity contribution is 0.113. The van der Waals surface area contributed by atoms with Gasteiger partial charge in [-0.15, -0.1) is 0 Å². The Labute approximate surface area is 105 Å². The van der Waals surface area contributed by atoms with Gasteiger partial charge in [0.2, 0.25) is 5.88 Å². The number of nitrogens with zero attached hydrogens (tertiary/aromatic N) is 1. The zero-order valence-corrected chi connectivity index (χ0v) is 11.0. The van der Waals surface area contributed by atoms with Crippen LogP contribution in [0.5, 0.6) is 5.88 Å². The normalized spacial score (nSPS) is 11.1. The van der Waals surface area contributed by atoms with Gasteiger partial charge in [0, 0.05) is 6.61 Å². The molecule has 102 valence electrons. The van der Waals surface area contributed by atoms with E-state index in [1.165, 1.54) is 6.92 Å². The summed E-state index contributed by atoms with van der Waals surface area (Å²) in [4.78, 5) is 24.8. The van der Waals surface area contributed by atoms with Crippen LogP contribution in [-0.2, 0) is 11.3 Å². The molecule has 0 spiro atoms. The zero-order valence-electron chi connectivity index (χ0n) is 11.0. The van der Waals surface area contributed by atoms with E-state index in [-0.39, 0.29) is 18.0 Å². The minimum Gasteiger partial charge on any atom is -0.494 e. The molecular weight excluding hydrogens is 236 g/mol.